The van der Waals surface area contributed by atoms with Gasteiger partial charge in [-0.3, -0.25) is 4.79 Å². The number of nitrogens with one attached hydrogen (secondary N) is 1. The van der Waals surface area contributed by atoms with Crippen molar-refractivity contribution in [2.75, 3.05) is 5.32 Å². The number of hydrogen-bond acceptors (Lipinski definition) is 3. The Morgan fingerprint density at radius 1 is 0.929 bits per heavy atom. The van der Waals surface area contributed by atoms with Gasteiger partial charge in [-0.05, 0) is 75.8 Å². The zero-order valence-electron chi connectivity index (χ0n) is 16.7. The van der Waals surface area contributed by atoms with E-state index in [4.69, 9.17) is 20.9 Å². The number of rotatable bonds is 4. The van der Waals surface area contributed by atoms with Crippen LogP contribution in [0.2, 0.25) is 5.02 Å². The summed E-state index contributed by atoms with van der Waals surface area (Å²) in [6.07, 6.45) is 1.71. The van der Waals surface area contributed by atoms with Gasteiger partial charge in [0, 0.05) is 10.7 Å². The first kappa shape index (κ1) is 19.5. The van der Waals surface area contributed by atoms with Crippen LogP contribution >= 0.6 is 11.6 Å². The maximum atomic E-state index is 12.9. The molecule has 0 spiro atoms. The number of anilines is 1. The SMILES string of the molecule is CC1(C)OB(c2ccc(NC(=O)C3(c4ccc(Cl)cc4)CC3)cc2)OC1(C)C. The molecule has 0 atom stereocenters. The fourth-order valence-corrected chi connectivity index (χ4v) is 3.62. The molecule has 2 aliphatic rings. The molecule has 0 aromatic heterocycles. The van der Waals surface area contributed by atoms with Crippen molar-refractivity contribution in [3.8, 4) is 0 Å². The van der Waals surface area contributed by atoms with E-state index in [9.17, 15) is 4.79 Å². The maximum absolute atomic E-state index is 12.9. The maximum Gasteiger partial charge on any atom is 0.494 e. The molecule has 0 radical (unpaired) electrons. The van der Waals surface area contributed by atoms with Crippen LogP contribution < -0.4 is 10.8 Å². The number of carbonyl (C=O) groups excluding carboxylic acids is 1. The smallest absolute Gasteiger partial charge is 0.399 e. The minimum atomic E-state index is -0.436. The van der Waals surface area contributed by atoms with Crippen molar-refractivity contribution in [2.24, 2.45) is 0 Å². The van der Waals surface area contributed by atoms with E-state index in [0.29, 0.717) is 5.02 Å². The average molecular weight is 398 g/mol. The summed E-state index contributed by atoms with van der Waals surface area (Å²) >= 11 is 5.97. The highest BCUT2D eigenvalue weighted by molar-refractivity contribution is 6.62. The van der Waals surface area contributed by atoms with E-state index in [1.54, 1.807) is 0 Å². The van der Waals surface area contributed by atoms with Crippen molar-refractivity contribution in [1.29, 1.82) is 0 Å². The van der Waals surface area contributed by atoms with E-state index in [1.807, 2.05) is 76.2 Å². The highest BCUT2D eigenvalue weighted by atomic mass is 35.5. The molecule has 0 unspecified atom stereocenters. The van der Waals surface area contributed by atoms with Gasteiger partial charge in [-0.1, -0.05) is 35.9 Å². The summed E-state index contributed by atoms with van der Waals surface area (Å²) in [6, 6.07) is 15.2. The lowest BCUT2D eigenvalue weighted by atomic mass is 9.79. The molecule has 2 aromatic carbocycles. The highest BCUT2D eigenvalue weighted by Gasteiger charge is 2.52. The summed E-state index contributed by atoms with van der Waals surface area (Å²) in [5, 5.41) is 3.73. The predicted octanol–water partition coefficient (Wildman–Crippen LogP) is 4.31. The van der Waals surface area contributed by atoms with Gasteiger partial charge in [-0.15, -0.1) is 0 Å². The lowest BCUT2D eigenvalue weighted by Gasteiger charge is -2.32. The average Bonchev–Trinajstić information content (AvgIpc) is 3.40. The zero-order chi connectivity index (χ0) is 20.2. The summed E-state index contributed by atoms with van der Waals surface area (Å²) < 4.78 is 12.2. The first-order chi connectivity index (χ1) is 13.1. The third-order valence-electron chi connectivity index (χ3n) is 6.28. The summed E-state index contributed by atoms with van der Waals surface area (Å²) in [5.74, 6) is 0.0261. The fraction of sp³-hybridized carbons (Fsp3) is 0.409. The largest absolute Gasteiger partial charge is 0.494 e. The van der Waals surface area contributed by atoms with Crippen LogP contribution in [0.4, 0.5) is 5.69 Å². The van der Waals surface area contributed by atoms with Crippen LogP contribution in [0.5, 0.6) is 0 Å². The molecule has 28 heavy (non-hydrogen) atoms. The van der Waals surface area contributed by atoms with Crippen molar-refractivity contribution in [2.45, 2.75) is 57.2 Å². The number of amides is 1. The number of benzene rings is 2. The molecule has 1 amide bonds. The van der Waals surface area contributed by atoms with Gasteiger partial charge >= 0.3 is 7.12 Å². The summed E-state index contributed by atoms with van der Waals surface area (Å²) in [7, 11) is -0.404. The van der Waals surface area contributed by atoms with Crippen LogP contribution in [0.3, 0.4) is 0 Å². The number of halogens is 1. The Morgan fingerprint density at radius 3 is 1.96 bits per heavy atom. The second-order valence-electron chi connectivity index (χ2n) is 8.75. The van der Waals surface area contributed by atoms with Crippen LogP contribution in [0.15, 0.2) is 48.5 Å². The van der Waals surface area contributed by atoms with Crippen molar-refractivity contribution in [1.82, 2.24) is 0 Å². The molecular formula is C22H25BClNO3. The van der Waals surface area contributed by atoms with Gasteiger partial charge in [-0.2, -0.15) is 0 Å². The van der Waals surface area contributed by atoms with Crippen molar-refractivity contribution in [3.63, 3.8) is 0 Å². The Labute approximate surface area is 171 Å². The Hall–Kier alpha value is -1.82. The summed E-state index contributed by atoms with van der Waals surface area (Å²) in [4.78, 5) is 12.9. The van der Waals surface area contributed by atoms with E-state index >= 15 is 0 Å². The minimum absolute atomic E-state index is 0.0261. The molecule has 1 aliphatic heterocycles. The molecule has 2 aromatic rings. The molecule has 1 N–H and O–H groups in total. The van der Waals surface area contributed by atoms with Crippen LogP contribution in [0.25, 0.3) is 0 Å². The van der Waals surface area contributed by atoms with E-state index < -0.39 is 12.5 Å². The molecule has 1 saturated carbocycles. The summed E-state index contributed by atoms with van der Waals surface area (Å²) in [5.41, 5.74) is 1.54. The first-order valence-electron chi connectivity index (χ1n) is 9.66. The monoisotopic (exact) mass is 397 g/mol. The number of hydrogen-bond donors (Lipinski definition) is 1. The standard InChI is InChI=1S/C22H25BClNO3/c1-20(2)21(3,4)28-23(27-20)16-7-11-18(12-8-16)25-19(26)22(13-14-22)15-5-9-17(24)10-6-15/h5-12H,13-14H2,1-4H3,(H,25,26). The Balaban J connectivity index is 1.45. The van der Waals surface area contributed by atoms with Crippen molar-refractivity contribution >= 4 is 35.8 Å². The van der Waals surface area contributed by atoms with Gasteiger partial charge in [0.2, 0.25) is 5.91 Å². The minimum Gasteiger partial charge on any atom is -0.399 e. The van der Waals surface area contributed by atoms with Gasteiger partial charge in [0.05, 0.1) is 16.6 Å². The topological polar surface area (TPSA) is 47.6 Å². The molecule has 4 nitrogen and oxygen atoms in total. The van der Waals surface area contributed by atoms with E-state index in [-0.39, 0.29) is 17.1 Å². The Morgan fingerprint density at radius 2 is 1.46 bits per heavy atom. The van der Waals surface area contributed by atoms with Crippen LogP contribution in [0.1, 0.15) is 46.1 Å². The van der Waals surface area contributed by atoms with Gasteiger partial charge in [0.1, 0.15) is 0 Å². The lowest BCUT2D eigenvalue weighted by molar-refractivity contribution is -0.118. The molecular weight excluding hydrogens is 373 g/mol. The zero-order valence-corrected chi connectivity index (χ0v) is 17.5. The third-order valence-corrected chi connectivity index (χ3v) is 6.53. The molecule has 1 saturated heterocycles. The quantitative estimate of drug-likeness (QED) is 0.782. The first-order valence-corrected chi connectivity index (χ1v) is 10.0. The molecule has 1 heterocycles. The number of carbonyl (C=O) groups is 1. The van der Waals surface area contributed by atoms with Crippen molar-refractivity contribution < 1.29 is 14.1 Å². The van der Waals surface area contributed by atoms with Gasteiger partial charge in [0.25, 0.3) is 0 Å². The van der Waals surface area contributed by atoms with Crippen molar-refractivity contribution in [3.05, 3.63) is 59.1 Å². The second kappa shape index (κ2) is 6.62. The molecule has 0 bridgehead atoms. The van der Waals surface area contributed by atoms with Crippen LogP contribution in [-0.4, -0.2) is 24.2 Å². The van der Waals surface area contributed by atoms with E-state index in [1.165, 1.54) is 0 Å². The fourth-order valence-electron chi connectivity index (χ4n) is 3.49. The molecule has 146 valence electrons. The third kappa shape index (κ3) is 3.36. The normalized spacial score (nSPS) is 21.4. The van der Waals surface area contributed by atoms with E-state index in [0.717, 1.165) is 29.6 Å². The van der Waals surface area contributed by atoms with Gasteiger partial charge < -0.3 is 14.6 Å². The Kier molecular flexibility index (Phi) is 4.61. The van der Waals surface area contributed by atoms with Gasteiger partial charge in [0.15, 0.2) is 0 Å². The predicted molar refractivity (Wildman–Crippen MR) is 113 cm³/mol. The molecule has 4 rings (SSSR count). The van der Waals surface area contributed by atoms with Crippen LogP contribution in [-0.2, 0) is 19.5 Å². The highest BCUT2D eigenvalue weighted by Crippen LogP contribution is 2.49. The summed E-state index contributed by atoms with van der Waals surface area (Å²) in [6.45, 7) is 8.14. The molecule has 6 heteroatoms. The van der Waals surface area contributed by atoms with Crippen LogP contribution in [0, 0.1) is 0 Å². The van der Waals surface area contributed by atoms with Gasteiger partial charge in [-0.25, -0.2) is 0 Å². The second-order valence-corrected chi connectivity index (χ2v) is 9.19. The Bertz CT molecular complexity index is 873. The van der Waals surface area contributed by atoms with E-state index in [2.05, 4.69) is 5.32 Å². The molecule has 1 aliphatic carbocycles. The lowest BCUT2D eigenvalue weighted by Crippen LogP contribution is -2.41. The molecule has 2 fully saturated rings.